The van der Waals surface area contributed by atoms with Crippen LogP contribution in [0.5, 0.6) is 5.75 Å². The van der Waals surface area contributed by atoms with Crippen LogP contribution in [0, 0.1) is 18.6 Å². The van der Waals surface area contributed by atoms with Crippen molar-refractivity contribution in [1.82, 2.24) is 19.9 Å². The Kier molecular flexibility index (Phi) is 6.15. The molecule has 0 aliphatic carbocycles. The van der Waals surface area contributed by atoms with E-state index in [0.717, 1.165) is 44.8 Å². The van der Waals surface area contributed by atoms with Crippen molar-refractivity contribution >= 4 is 27.5 Å². The molecule has 2 saturated heterocycles. The number of aromatic hydroxyl groups is 1. The first kappa shape index (κ1) is 24.0. The number of anilines is 1. The number of aryl methyl sites for hydroxylation is 2. The summed E-state index contributed by atoms with van der Waals surface area (Å²) in [5.74, 6) is 0.243. The van der Waals surface area contributed by atoms with Gasteiger partial charge in [0.25, 0.3) is 0 Å². The van der Waals surface area contributed by atoms with E-state index in [1.54, 1.807) is 25.3 Å². The Balaban J connectivity index is 1.50. The summed E-state index contributed by atoms with van der Waals surface area (Å²) in [5.41, 5.74) is 1.07. The minimum Gasteiger partial charge on any atom is -0.508 e. The smallest absolute Gasteiger partial charge is 0.175 e. The van der Waals surface area contributed by atoms with Gasteiger partial charge in [0.1, 0.15) is 34.4 Å². The van der Waals surface area contributed by atoms with Crippen LogP contribution >= 0.6 is 0 Å². The SMILES string of the molecule is CCc1c(F)ccc2cc(O)cc(-c3ncc4c(N5CCC[C@H]5CN5CCCC5)nc(C)nc4c3F)c12. The largest absolute Gasteiger partial charge is 0.508 e. The normalized spacial score (nSPS) is 18.5. The highest BCUT2D eigenvalue weighted by Crippen LogP contribution is 2.39. The third kappa shape index (κ3) is 4.17. The molecule has 0 unspecified atom stereocenters. The number of fused-ring (bicyclic) bond motifs is 2. The Labute approximate surface area is 215 Å². The van der Waals surface area contributed by atoms with Gasteiger partial charge in [-0.3, -0.25) is 4.98 Å². The second kappa shape index (κ2) is 9.49. The lowest BCUT2D eigenvalue weighted by molar-refractivity contribution is 0.313. The number of halogens is 2. The van der Waals surface area contributed by atoms with Crippen molar-refractivity contribution in [3.8, 4) is 17.0 Å². The number of likely N-dealkylation sites (tertiary alicyclic amines) is 1. The molecule has 37 heavy (non-hydrogen) atoms. The third-order valence-electron chi connectivity index (χ3n) is 7.85. The van der Waals surface area contributed by atoms with Gasteiger partial charge < -0.3 is 14.9 Å². The topological polar surface area (TPSA) is 65.4 Å². The van der Waals surface area contributed by atoms with Crippen molar-refractivity contribution in [2.75, 3.05) is 31.1 Å². The molecule has 1 N–H and O–H groups in total. The van der Waals surface area contributed by atoms with Gasteiger partial charge in [-0.1, -0.05) is 13.0 Å². The van der Waals surface area contributed by atoms with Gasteiger partial charge in [-0.15, -0.1) is 0 Å². The molecule has 2 aliphatic rings. The first-order valence-corrected chi connectivity index (χ1v) is 13.2. The summed E-state index contributed by atoms with van der Waals surface area (Å²) in [6.45, 7) is 7.75. The minimum atomic E-state index is -0.585. The quantitative estimate of drug-likeness (QED) is 0.373. The predicted octanol–water partition coefficient (Wildman–Crippen LogP) is 5.76. The van der Waals surface area contributed by atoms with Crippen LogP contribution in [0.1, 0.15) is 44.0 Å². The fraction of sp³-hybridized carbons (Fsp3) is 0.414. The van der Waals surface area contributed by atoms with Gasteiger partial charge in [-0.2, -0.15) is 0 Å². The summed E-state index contributed by atoms with van der Waals surface area (Å²) in [4.78, 5) is 18.6. The lowest BCUT2D eigenvalue weighted by atomic mass is 9.94. The minimum absolute atomic E-state index is 0.0289. The number of pyridine rings is 1. The Hall–Kier alpha value is -3.39. The first-order valence-electron chi connectivity index (χ1n) is 13.2. The van der Waals surface area contributed by atoms with Crippen molar-refractivity contribution in [2.24, 2.45) is 0 Å². The molecular weight excluding hydrogens is 472 g/mol. The van der Waals surface area contributed by atoms with E-state index in [-0.39, 0.29) is 22.8 Å². The van der Waals surface area contributed by atoms with Crippen LogP contribution < -0.4 is 4.90 Å². The van der Waals surface area contributed by atoms with Crippen molar-refractivity contribution in [3.05, 3.63) is 53.5 Å². The summed E-state index contributed by atoms with van der Waals surface area (Å²) in [6.07, 6.45) is 6.69. The second-order valence-corrected chi connectivity index (χ2v) is 10.2. The third-order valence-corrected chi connectivity index (χ3v) is 7.85. The Morgan fingerprint density at radius 2 is 1.86 bits per heavy atom. The maximum absolute atomic E-state index is 16.3. The average Bonchev–Trinajstić information content (AvgIpc) is 3.56. The number of phenols is 1. The lowest BCUT2D eigenvalue weighted by Crippen LogP contribution is -2.40. The van der Waals surface area contributed by atoms with Crippen LogP contribution in [0.3, 0.4) is 0 Å². The molecule has 2 aliphatic heterocycles. The van der Waals surface area contributed by atoms with E-state index >= 15 is 4.39 Å². The molecule has 6 nitrogen and oxygen atoms in total. The van der Waals surface area contributed by atoms with Gasteiger partial charge in [0.15, 0.2) is 5.82 Å². The summed E-state index contributed by atoms with van der Waals surface area (Å²) < 4.78 is 31.0. The van der Waals surface area contributed by atoms with Crippen LogP contribution in [-0.2, 0) is 6.42 Å². The second-order valence-electron chi connectivity index (χ2n) is 10.2. The van der Waals surface area contributed by atoms with Crippen LogP contribution in [0.2, 0.25) is 0 Å². The molecular formula is C29H31F2N5O. The maximum Gasteiger partial charge on any atom is 0.175 e. The molecule has 0 saturated carbocycles. The molecule has 6 rings (SSSR count). The van der Waals surface area contributed by atoms with E-state index in [1.807, 2.05) is 6.92 Å². The zero-order chi connectivity index (χ0) is 25.7. The highest BCUT2D eigenvalue weighted by atomic mass is 19.1. The molecule has 192 valence electrons. The van der Waals surface area contributed by atoms with Gasteiger partial charge in [0.05, 0.1) is 5.39 Å². The van der Waals surface area contributed by atoms with Gasteiger partial charge in [-0.05, 0) is 86.7 Å². The van der Waals surface area contributed by atoms with Crippen molar-refractivity contribution in [2.45, 2.75) is 52.0 Å². The van der Waals surface area contributed by atoms with Crippen LogP contribution in [0.25, 0.3) is 32.9 Å². The van der Waals surface area contributed by atoms with E-state index < -0.39 is 5.82 Å². The molecule has 2 aromatic heterocycles. The number of hydrogen-bond donors (Lipinski definition) is 1. The van der Waals surface area contributed by atoms with E-state index in [2.05, 4.69) is 19.8 Å². The molecule has 8 heteroatoms. The predicted molar refractivity (Wildman–Crippen MR) is 142 cm³/mol. The molecule has 1 atom stereocenters. The fourth-order valence-electron chi connectivity index (χ4n) is 6.16. The van der Waals surface area contributed by atoms with E-state index in [1.165, 1.54) is 25.0 Å². The number of aromatic nitrogens is 3. The van der Waals surface area contributed by atoms with Gasteiger partial charge in [-0.25, -0.2) is 18.7 Å². The van der Waals surface area contributed by atoms with Crippen molar-refractivity contribution in [1.29, 1.82) is 0 Å². The molecule has 4 heterocycles. The number of benzene rings is 2. The summed E-state index contributed by atoms with van der Waals surface area (Å²) in [6, 6.07) is 6.33. The van der Waals surface area contributed by atoms with Crippen LogP contribution in [0.15, 0.2) is 30.5 Å². The number of phenolic OH excluding ortho intramolecular Hbond substituents is 1. The number of nitrogens with zero attached hydrogens (tertiary/aromatic N) is 5. The molecule has 2 aromatic carbocycles. The Morgan fingerprint density at radius 1 is 1.05 bits per heavy atom. The van der Waals surface area contributed by atoms with Gasteiger partial charge >= 0.3 is 0 Å². The zero-order valence-corrected chi connectivity index (χ0v) is 21.3. The van der Waals surface area contributed by atoms with Crippen molar-refractivity contribution in [3.63, 3.8) is 0 Å². The highest BCUT2D eigenvalue weighted by molar-refractivity contribution is 6.01. The summed E-state index contributed by atoms with van der Waals surface area (Å²) >= 11 is 0. The van der Waals surface area contributed by atoms with Crippen LogP contribution in [0.4, 0.5) is 14.6 Å². The summed E-state index contributed by atoms with van der Waals surface area (Å²) in [5, 5.41) is 12.2. The van der Waals surface area contributed by atoms with Crippen molar-refractivity contribution < 1.29 is 13.9 Å². The molecule has 0 amide bonds. The Bertz CT molecular complexity index is 1500. The number of hydrogen-bond acceptors (Lipinski definition) is 6. The monoisotopic (exact) mass is 503 g/mol. The zero-order valence-electron chi connectivity index (χ0n) is 21.3. The molecule has 0 bridgehead atoms. The van der Waals surface area contributed by atoms with Gasteiger partial charge in [0, 0.05) is 30.9 Å². The van der Waals surface area contributed by atoms with Gasteiger partial charge in [0.2, 0.25) is 0 Å². The fourth-order valence-corrected chi connectivity index (χ4v) is 6.16. The maximum atomic E-state index is 16.3. The van der Waals surface area contributed by atoms with E-state index in [0.29, 0.717) is 45.6 Å². The molecule has 2 fully saturated rings. The first-order chi connectivity index (χ1) is 17.9. The van der Waals surface area contributed by atoms with Crippen LogP contribution in [-0.4, -0.2) is 57.2 Å². The highest BCUT2D eigenvalue weighted by Gasteiger charge is 2.31. The molecule has 0 spiro atoms. The van der Waals surface area contributed by atoms with E-state index in [4.69, 9.17) is 4.98 Å². The number of rotatable bonds is 5. The standard InChI is InChI=1S/C29H31F2N5O/c1-3-21-24(30)9-8-18-13-20(37)14-22(25(18)21)27-26(31)28-23(15-32-27)29(34-17(2)33-28)36-12-6-7-19(36)16-35-10-4-5-11-35/h8-9,13-15,19,37H,3-7,10-12,16H2,1-2H3/t19-/m0/s1. The molecule has 4 aromatic rings. The lowest BCUT2D eigenvalue weighted by Gasteiger charge is -2.30. The Morgan fingerprint density at radius 3 is 2.65 bits per heavy atom. The summed E-state index contributed by atoms with van der Waals surface area (Å²) in [7, 11) is 0. The van der Waals surface area contributed by atoms with E-state index in [9.17, 15) is 9.50 Å². The molecule has 0 radical (unpaired) electrons. The average molecular weight is 504 g/mol.